The summed E-state index contributed by atoms with van der Waals surface area (Å²) in [6, 6.07) is 10.1. The van der Waals surface area contributed by atoms with E-state index in [1.807, 2.05) is 61.3 Å². The summed E-state index contributed by atoms with van der Waals surface area (Å²) in [7, 11) is 3.53. The van der Waals surface area contributed by atoms with E-state index in [4.69, 9.17) is 9.84 Å². The molecule has 0 aliphatic rings. The molecule has 0 radical (unpaired) electrons. The second-order valence-corrected chi connectivity index (χ2v) is 6.86. The Bertz CT molecular complexity index is 1110. The van der Waals surface area contributed by atoms with Gasteiger partial charge in [-0.2, -0.15) is 15.3 Å². The molecule has 3 aromatic rings. The van der Waals surface area contributed by atoms with Crippen molar-refractivity contribution in [2.75, 3.05) is 20.8 Å². The van der Waals surface area contributed by atoms with Crippen LogP contribution in [0.3, 0.4) is 0 Å². The van der Waals surface area contributed by atoms with Gasteiger partial charge in [-0.1, -0.05) is 18.2 Å². The number of methoxy groups -OCH3 is 1. The number of fused-ring (bicyclic) bond motifs is 1. The Hall–Kier alpha value is -3.65. The molecule has 1 aromatic carbocycles. The normalized spacial score (nSPS) is 12.6. The molecule has 0 N–H and O–H groups in total. The van der Waals surface area contributed by atoms with Crippen LogP contribution in [0.25, 0.3) is 10.9 Å². The maximum Gasteiger partial charge on any atom is 0.151 e. The van der Waals surface area contributed by atoms with E-state index in [1.165, 1.54) is 0 Å². The molecular formula is C23H27N7O. The summed E-state index contributed by atoms with van der Waals surface area (Å²) < 4.78 is 6.95. The summed E-state index contributed by atoms with van der Waals surface area (Å²) in [6.07, 6.45) is 9.97. The molecule has 3 rings (SSSR count). The van der Waals surface area contributed by atoms with Crippen LogP contribution in [0.5, 0.6) is 0 Å². The molecule has 2 aromatic heterocycles. The zero-order valence-corrected chi connectivity index (χ0v) is 18.1. The highest BCUT2D eigenvalue weighted by atomic mass is 16.5. The quantitative estimate of drug-likeness (QED) is 0.303. The van der Waals surface area contributed by atoms with Crippen molar-refractivity contribution in [1.82, 2.24) is 19.8 Å². The topological polar surface area (TPSA) is 80.3 Å². The van der Waals surface area contributed by atoms with Crippen molar-refractivity contribution in [3.8, 4) is 0 Å². The molecule has 0 fully saturated rings. The second-order valence-electron chi connectivity index (χ2n) is 6.86. The van der Waals surface area contributed by atoms with E-state index in [2.05, 4.69) is 33.1 Å². The molecule has 0 saturated carbocycles. The zero-order chi connectivity index (χ0) is 22.1. The first-order chi connectivity index (χ1) is 15.1. The first kappa shape index (κ1) is 22.0. The fourth-order valence-electron chi connectivity index (χ4n) is 3.08. The monoisotopic (exact) mass is 417 g/mol. The predicted molar refractivity (Wildman–Crippen MR) is 126 cm³/mol. The van der Waals surface area contributed by atoms with Gasteiger partial charge in [-0.25, -0.2) is 0 Å². The maximum atomic E-state index is 5.12. The van der Waals surface area contributed by atoms with E-state index >= 15 is 0 Å². The molecule has 8 heteroatoms. The number of ether oxygens (including phenoxy) is 1. The largest absolute Gasteiger partial charge is 0.383 e. The maximum absolute atomic E-state index is 5.12. The van der Waals surface area contributed by atoms with Gasteiger partial charge in [0.1, 0.15) is 0 Å². The summed E-state index contributed by atoms with van der Waals surface area (Å²) in [5.41, 5.74) is 3.72. The molecule has 0 atom stereocenters. The number of hydrogen-bond acceptors (Lipinski definition) is 6. The number of hydrazone groups is 1. The highest BCUT2D eigenvalue weighted by Crippen LogP contribution is 2.15. The number of amidine groups is 1. The Morgan fingerprint density at radius 3 is 2.97 bits per heavy atom. The minimum absolute atomic E-state index is 0.556. The Kier molecular flexibility index (Phi) is 7.78. The molecule has 0 aliphatic carbocycles. The fourth-order valence-corrected chi connectivity index (χ4v) is 3.08. The van der Waals surface area contributed by atoms with Gasteiger partial charge >= 0.3 is 0 Å². The molecule has 0 aliphatic heterocycles. The smallest absolute Gasteiger partial charge is 0.151 e. The van der Waals surface area contributed by atoms with Crippen molar-refractivity contribution >= 4 is 29.2 Å². The third-order valence-corrected chi connectivity index (χ3v) is 4.63. The summed E-state index contributed by atoms with van der Waals surface area (Å²) in [6.45, 7) is 6.75. The number of benzene rings is 1. The van der Waals surface area contributed by atoms with Crippen molar-refractivity contribution in [2.45, 2.75) is 19.9 Å². The van der Waals surface area contributed by atoms with Crippen LogP contribution in [-0.2, 0) is 17.7 Å². The summed E-state index contributed by atoms with van der Waals surface area (Å²) in [5.74, 6) is 0.673. The Morgan fingerprint density at radius 2 is 2.19 bits per heavy atom. The van der Waals surface area contributed by atoms with Crippen LogP contribution in [-0.4, -0.2) is 58.8 Å². The summed E-state index contributed by atoms with van der Waals surface area (Å²) >= 11 is 0. The Morgan fingerprint density at radius 1 is 1.32 bits per heavy atom. The minimum Gasteiger partial charge on any atom is -0.383 e. The van der Waals surface area contributed by atoms with Crippen molar-refractivity contribution < 1.29 is 4.74 Å². The van der Waals surface area contributed by atoms with Gasteiger partial charge in [0, 0.05) is 50.6 Å². The molecule has 0 spiro atoms. The first-order valence-corrected chi connectivity index (χ1v) is 9.97. The first-order valence-electron chi connectivity index (χ1n) is 9.97. The Balaban J connectivity index is 1.84. The van der Waals surface area contributed by atoms with Crippen molar-refractivity contribution in [3.05, 3.63) is 72.2 Å². The SMILES string of the molecule is C=N/N=C(/Cc1ccc2ncccc2c1)N(C)/N=C(\C=C/C)c1cnn(CCOC)c1. The van der Waals surface area contributed by atoms with Gasteiger partial charge < -0.3 is 4.74 Å². The summed E-state index contributed by atoms with van der Waals surface area (Å²) in [4.78, 5) is 4.37. The standard InChI is InChI=1S/C23H27N7O/c1-5-7-22(20-16-26-30(17-20)12-13-31-4)28-29(3)23(27-24-2)15-18-9-10-21-19(14-18)8-6-11-25-21/h5-11,14,16-17H,2,12-13,15H2,1,3-4H3/b7-5-,27-23-,28-22+. The Labute approximate surface area is 182 Å². The molecule has 160 valence electrons. The van der Waals surface area contributed by atoms with Gasteiger partial charge in [0.15, 0.2) is 5.84 Å². The lowest BCUT2D eigenvalue weighted by Gasteiger charge is -2.16. The lowest BCUT2D eigenvalue weighted by Crippen LogP contribution is -2.25. The van der Waals surface area contributed by atoms with Crippen LogP contribution < -0.4 is 0 Å². The average molecular weight is 418 g/mol. The van der Waals surface area contributed by atoms with E-state index in [9.17, 15) is 0 Å². The molecule has 31 heavy (non-hydrogen) atoms. The molecule has 0 bridgehead atoms. The number of aromatic nitrogens is 3. The van der Waals surface area contributed by atoms with Gasteiger partial charge in [0.2, 0.25) is 0 Å². The summed E-state index contributed by atoms with van der Waals surface area (Å²) in [5, 5.41) is 19.9. The van der Waals surface area contributed by atoms with E-state index < -0.39 is 0 Å². The van der Waals surface area contributed by atoms with Gasteiger partial charge in [0.05, 0.1) is 30.6 Å². The van der Waals surface area contributed by atoms with Gasteiger partial charge in [-0.15, -0.1) is 5.10 Å². The van der Waals surface area contributed by atoms with E-state index in [1.54, 1.807) is 24.5 Å². The number of pyridine rings is 1. The highest BCUT2D eigenvalue weighted by Gasteiger charge is 2.11. The van der Waals surface area contributed by atoms with Crippen LogP contribution in [0, 0.1) is 0 Å². The average Bonchev–Trinajstić information content (AvgIpc) is 3.26. The van der Waals surface area contributed by atoms with E-state index in [0.717, 1.165) is 27.7 Å². The fraction of sp³-hybridized carbons (Fsp3) is 0.261. The lowest BCUT2D eigenvalue weighted by atomic mass is 10.1. The molecule has 0 unspecified atom stereocenters. The third kappa shape index (κ3) is 5.93. The molecule has 2 heterocycles. The number of hydrogen-bond donors (Lipinski definition) is 0. The molecule has 0 amide bonds. The van der Waals surface area contributed by atoms with Crippen molar-refractivity contribution in [3.63, 3.8) is 0 Å². The van der Waals surface area contributed by atoms with E-state index in [0.29, 0.717) is 25.4 Å². The lowest BCUT2D eigenvalue weighted by molar-refractivity contribution is 0.183. The number of nitrogens with zero attached hydrogens (tertiary/aromatic N) is 7. The van der Waals surface area contributed by atoms with E-state index in [-0.39, 0.29) is 0 Å². The van der Waals surface area contributed by atoms with Gasteiger partial charge in [0.25, 0.3) is 0 Å². The molecule has 0 saturated heterocycles. The molecular weight excluding hydrogens is 390 g/mol. The van der Waals surface area contributed by atoms with Crippen LogP contribution in [0.15, 0.2) is 76.4 Å². The predicted octanol–water partition coefficient (Wildman–Crippen LogP) is 3.55. The zero-order valence-electron chi connectivity index (χ0n) is 18.1. The van der Waals surface area contributed by atoms with Gasteiger partial charge in [-0.3, -0.25) is 14.7 Å². The van der Waals surface area contributed by atoms with Crippen LogP contribution in [0.4, 0.5) is 0 Å². The van der Waals surface area contributed by atoms with Crippen molar-refractivity contribution in [2.24, 2.45) is 15.3 Å². The molecule has 8 nitrogen and oxygen atoms in total. The third-order valence-electron chi connectivity index (χ3n) is 4.63. The number of allylic oxidation sites excluding steroid dienone is 2. The van der Waals surface area contributed by atoms with Crippen LogP contribution >= 0.6 is 0 Å². The second kappa shape index (κ2) is 10.9. The van der Waals surface area contributed by atoms with Crippen LogP contribution in [0.2, 0.25) is 0 Å². The minimum atomic E-state index is 0.556. The number of likely N-dealkylation sites (N-methyl/N-ethyl adjacent to an activating group) is 1. The highest BCUT2D eigenvalue weighted by molar-refractivity contribution is 6.08. The van der Waals surface area contributed by atoms with Gasteiger partial charge in [-0.05, 0) is 36.8 Å². The van der Waals surface area contributed by atoms with Crippen molar-refractivity contribution in [1.29, 1.82) is 0 Å². The number of rotatable bonds is 9. The van der Waals surface area contributed by atoms with Crippen LogP contribution in [0.1, 0.15) is 18.1 Å².